The minimum absolute atomic E-state index is 0.151. The fraction of sp³-hybridized carbons (Fsp3) is 0.300. The van der Waals surface area contributed by atoms with Crippen molar-refractivity contribution >= 4 is 23.2 Å². The number of alkyl halides is 3. The van der Waals surface area contributed by atoms with Crippen molar-refractivity contribution in [3.8, 4) is 6.07 Å². The number of anilines is 3. The second-order valence-corrected chi connectivity index (χ2v) is 6.63. The molecule has 1 aromatic heterocycles. The van der Waals surface area contributed by atoms with Gasteiger partial charge >= 0.3 is 6.18 Å². The summed E-state index contributed by atoms with van der Waals surface area (Å²) >= 11 is 0. The molecular formula is C20H19F3N6O. The number of amides is 1. The molecule has 1 fully saturated rings. The molecule has 1 aliphatic heterocycles. The van der Waals surface area contributed by atoms with Crippen LogP contribution >= 0.6 is 0 Å². The molecule has 2 aromatic rings. The lowest BCUT2D eigenvalue weighted by Gasteiger charge is -2.41. The molecule has 10 heteroatoms. The van der Waals surface area contributed by atoms with Crippen molar-refractivity contribution in [3.63, 3.8) is 0 Å². The highest BCUT2D eigenvalue weighted by Gasteiger charge is 2.32. The number of nitrogens with zero attached hydrogens (tertiary/aromatic N) is 5. The van der Waals surface area contributed by atoms with Crippen LogP contribution in [0.2, 0.25) is 0 Å². The minimum Gasteiger partial charge on any atom is -0.350 e. The largest absolute Gasteiger partial charge is 0.416 e. The van der Waals surface area contributed by atoms with Crippen LogP contribution in [0.15, 0.2) is 49.3 Å². The highest BCUT2D eigenvalue weighted by Crippen LogP contribution is 2.31. The van der Waals surface area contributed by atoms with Gasteiger partial charge in [0.25, 0.3) is 0 Å². The number of nitriles is 1. The molecule has 156 valence electrons. The molecule has 7 nitrogen and oxygen atoms in total. The van der Waals surface area contributed by atoms with Crippen LogP contribution < -0.4 is 10.2 Å². The van der Waals surface area contributed by atoms with E-state index in [0.717, 1.165) is 12.1 Å². The molecule has 30 heavy (non-hydrogen) atoms. The number of hydrogen-bond acceptors (Lipinski definition) is 6. The Morgan fingerprint density at radius 3 is 2.60 bits per heavy atom. The van der Waals surface area contributed by atoms with Gasteiger partial charge in [0.1, 0.15) is 0 Å². The number of aromatic nitrogens is 2. The molecular weight excluding hydrogens is 397 g/mol. The van der Waals surface area contributed by atoms with E-state index in [1.807, 2.05) is 4.90 Å². The predicted molar refractivity (Wildman–Crippen MR) is 105 cm³/mol. The van der Waals surface area contributed by atoms with Gasteiger partial charge in [0.2, 0.25) is 5.91 Å². The van der Waals surface area contributed by atoms with Gasteiger partial charge in [0.05, 0.1) is 24.1 Å². The Bertz CT molecular complexity index is 954. The van der Waals surface area contributed by atoms with E-state index in [1.165, 1.54) is 30.6 Å². The zero-order valence-corrected chi connectivity index (χ0v) is 15.9. The maximum atomic E-state index is 12.8. The molecule has 0 spiro atoms. The summed E-state index contributed by atoms with van der Waals surface area (Å²) in [6.07, 6.45) is -0.0551. The summed E-state index contributed by atoms with van der Waals surface area (Å²) in [4.78, 5) is 24.2. The Balaban J connectivity index is 1.81. The van der Waals surface area contributed by atoms with Crippen LogP contribution in [0.1, 0.15) is 12.0 Å². The number of benzene rings is 1. The van der Waals surface area contributed by atoms with Gasteiger partial charge in [-0.15, -0.1) is 0 Å². The molecule has 0 bridgehead atoms. The van der Waals surface area contributed by atoms with Gasteiger partial charge in [-0.05, 0) is 30.3 Å². The van der Waals surface area contributed by atoms with Gasteiger partial charge in [-0.2, -0.15) is 18.4 Å². The Morgan fingerprint density at radius 1 is 1.27 bits per heavy atom. The van der Waals surface area contributed by atoms with E-state index in [4.69, 9.17) is 5.26 Å². The Morgan fingerprint density at radius 2 is 1.97 bits per heavy atom. The zero-order chi connectivity index (χ0) is 21.7. The van der Waals surface area contributed by atoms with Gasteiger partial charge < -0.3 is 15.1 Å². The maximum Gasteiger partial charge on any atom is 0.416 e. The third-order valence-electron chi connectivity index (χ3n) is 4.72. The van der Waals surface area contributed by atoms with E-state index >= 15 is 0 Å². The first kappa shape index (κ1) is 21.1. The molecule has 1 aromatic carbocycles. The topological polar surface area (TPSA) is 85.2 Å². The van der Waals surface area contributed by atoms with Gasteiger partial charge in [-0.1, -0.05) is 6.58 Å². The molecule has 1 amide bonds. The van der Waals surface area contributed by atoms with Crippen LogP contribution in [-0.4, -0.2) is 46.5 Å². The first-order chi connectivity index (χ1) is 14.3. The van der Waals surface area contributed by atoms with Crippen molar-refractivity contribution in [3.05, 3.63) is 54.9 Å². The molecule has 3 rings (SSSR count). The zero-order valence-electron chi connectivity index (χ0n) is 15.9. The molecule has 2 heterocycles. The molecule has 0 radical (unpaired) electrons. The number of rotatable bonds is 5. The van der Waals surface area contributed by atoms with Gasteiger partial charge in [-0.25, -0.2) is 9.97 Å². The lowest BCUT2D eigenvalue weighted by atomic mass is 10.1. The third-order valence-corrected chi connectivity index (χ3v) is 4.72. The predicted octanol–water partition coefficient (Wildman–Crippen LogP) is 3.36. The van der Waals surface area contributed by atoms with Crippen molar-refractivity contribution in [2.75, 3.05) is 29.9 Å². The average Bonchev–Trinajstić information content (AvgIpc) is 2.73. The number of hydrogen-bond donors (Lipinski definition) is 1. The Hall–Kier alpha value is -3.61. The third kappa shape index (κ3) is 4.68. The molecule has 1 aliphatic rings. The summed E-state index contributed by atoms with van der Waals surface area (Å²) < 4.78 is 38.3. The van der Waals surface area contributed by atoms with E-state index < -0.39 is 11.7 Å². The van der Waals surface area contributed by atoms with Crippen molar-refractivity contribution in [1.29, 1.82) is 5.26 Å². The summed E-state index contributed by atoms with van der Waals surface area (Å²) in [5.74, 6) is 0.625. The van der Waals surface area contributed by atoms with Crippen molar-refractivity contribution < 1.29 is 18.0 Å². The quantitative estimate of drug-likeness (QED) is 0.753. The molecule has 0 saturated carbocycles. The smallest absolute Gasteiger partial charge is 0.350 e. The van der Waals surface area contributed by atoms with Crippen LogP contribution in [0.25, 0.3) is 0 Å². The Kier molecular flexibility index (Phi) is 6.20. The van der Waals surface area contributed by atoms with Gasteiger partial charge in [-0.3, -0.25) is 4.79 Å². The fourth-order valence-electron chi connectivity index (χ4n) is 3.26. The van der Waals surface area contributed by atoms with Crippen LogP contribution in [0.4, 0.5) is 30.5 Å². The summed E-state index contributed by atoms with van der Waals surface area (Å²) in [7, 11) is 0. The number of nitrogens with one attached hydrogen (secondary N) is 1. The summed E-state index contributed by atoms with van der Waals surface area (Å²) in [6.45, 7) is 4.71. The summed E-state index contributed by atoms with van der Waals surface area (Å²) in [5, 5.41) is 12.1. The number of carbonyl (C=O) groups excluding carboxylic acids is 1. The highest BCUT2D eigenvalue weighted by atomic mass is 19.4. The van der Waals surface area contributed by atoms with E-state index in [9.17, 15) is 18.0 Å². The number of halogens is 3. The van der Waals surface area contributed by atoms with Crippen molar-refractivity contribution in [2.24, 2.45) is 0 Å². The van der Waals surface area contributed by atoms with E-state index in [0.29, 0.717) is 37.0 Å². The second-order valence-electron chi connectivity index (χ2n) is 6.63. The van der Waals surface area contributed by atoms with Crippen molar-refractivity contribution in [1.82, 2.24) is 14.9 Å². The van der Waals surface area contributed by atoms with Crippen molar-refractivity contribution in [2.45, 2.75) is 18.6 Å². The number of carbonyl (C=O) groups is 1. The second kappa shape index (κ2) is 8.82. The van der Waals surface area contributed by atoms with Crippen LogP contribution in [0, 0.1) is 11.3 Å². The monoisotopic (exact) mass is 416 g/mol. The molecule has 1 saturated heterocycles. The summed E-state index contributed by atoms with van der Waals surface area (Å²) in [6, 6.07) is 6.37. The molecule has 1 N–H and O–H groups in total. The lowest BCUT2D eigenvalue weighted by molar-refractivity contribution is -0.137. The van der Waals surface area contributed by atoms with E-state index in [-0.39, 0.29) is 18.4 Å². The van der Waals surface area contributed by atoms with Gasteiger partial charge in [0, 0.05) is 37.7 Å². The normalized spacial score (nSPS) is 16.7. The van der Waals surface area contributed by atoms with Crippen LogP contribution in [-0.2, 0) is 11.0 Å². The SMILES string of the molecule is C=CC(=O)N1CCN(c2nccnc2Nc2ccc(C(F)(F)F)cc2)C[C@@H]1CC#N. The first-order valence-electron chi connectivity index (χ1n) is 9.13. The molecule has 0 aliphatic carbocycles. The average molecular weight is 416 g/mol. The van der Waals surface area contributed by atoms with E-state index in [1.54, 1.807) is 4.90 Å². The van der Waals surface area contributed by atoms with Gasteiger partial charge in [0.15, 0.2) is 11.6 Å². The molecule has 0 unspecified atom stereocenters. The fourth-order valence-corrected chi connectivity index (χ4v) is 3.26. The Labute approximate surface area is 171 Å². The first-order valence-corrected chi connectivity index (χ1v) is 9.13. The minimum atomic E-state index is -4.41. The van der Waals surface area contributed by atoms with Crippen LogP contribution in [0.5, 0.6) is 0 Å². The highest BCUT2D eigenvalue weighted by molar-refractivity contribution is 5.87. The maximum absolute atomic E-state index is 12.8. The molecule has 1 atom stereocenters. The standard InChI is InChI=1S/C20H19F3N6O/c1-2-17(30)29-12-11-28(13-16(29)7-8-24)19-18(25-9-10-26-19)27-15-5-3-14(4-6-15)20(21,22)23/h2-6,9-10,16H,1,7,11-13H2,(H,25,27)/t16-/m0/s1. The summed E-state index contributed by atoms with van der Waals surface area (Å²) in [5.41, 5.74) is -0.312. The lowest BCUT2D eigenvalue weighted by Crippen LogP contribution is -2.55. The number of piperazine rings is 1. The van der Waals surface area contributed by atoms with E-state index in [2.05, 4.69) is 27.9 Å². The van der Waals surface area contributed by atoms with Crippen LogP contribution in [0.3, 0.4) is 0 Å².